The number of rotatable bonds is 2. The molecule has 4 heteroatoms. The van der Waals surface area contributed by atoms with Crippen LogP contribution in [0.1, 0.15) is 25.3 Å². The molecule has 0 atom stereocenters. The maximum Gasteiger partial charge on any atom is 0.217 e. The molecule has 1 heterocycles. The Balaban J connectivity index is 1.91. The molecule has 1 fully saturated rings. The van der Waals surface area contributed by atoms with Crippen molar-refractivity contribution in [3.63, 3.8) is 0 Å². The van der Waals surface area contributed by atoms with Gasteiger partial charge in [-0.1, -0.05) is 19.1 Å². The summed E-state index contributed by atoms with van der Waals surface area (Å²) in [5, 5.41) is 23.3. The molecule has 0 unspecified atom stereocenters. The van der Waals surface area contributed by atoms with E-state index in [0.29, 0.717) is 17.0 Å². The van der Waals surface area contributed by atoms with Gasteiger partial charge in [0.05, 0.1) is 29.4 Å². The fraction of sp³-hybridized carbons (Fsp3) is 0.267. The number of aromatic nitrogens is 2. The van der Waals surface area contributed by atoms with Gasteiger partial charge in [0, 0.05) is 0 Å². The first-order valence-electron chi connectivity index (χ1n) is 6.31. The molecule has 0 saturated heterocycles. The molecule has 19 heavy (non-hydrogen) atoms. The fourth-order valence-corrected chi connectivity index (χ4v) is 2.42. The second-order valence-corrected chi connectivity index (χ2v) is 5.06. The first-order valence-corrected chi connectivity index (χ1v) is 6.31. The molecule has 1 N–H and O–H groups in total. The Labute approximate surface area is 111 Å². The van der Waals surface area contributed by atoms with Gasteiger partial charge >= 0.3 is 0 Å². The Morgan fingerprint density at radius 1 is 1.32 bits per heavy atom. The van der Waals surface area contributed by atoms with Gasteiger partial charge in [-0.2, -0.15) is 10.4 Å². The normalized spacial score (nSPS) is 16.0. The maximum absolute atomic E-state index is 10.2. The van der Waals surface area contributed by atoms with Crippen LogP contribution in [-0.4, -0.2) is 14.9 Å². The minimum absolute atomic E-state index is 0.187. The van der Waals surface area contributed by atoms with Gasteiger partial charge in [-0.3, -0.25) is 0 Å². The molecule has 1 saturated carbocycles. The minimum Gasteiger partial charge on any atom is -0.493 e. The number of nitriles is 1. The van der Waals surface area contributed by atoms with Crippen LogP contribution in [0.15, 0.2) is 30.5 Å². The van der Waals surface area contributed by atoms with Crippen LogP contribution in [0.2, 0.25) is 0 Å². The predicted octanol–water partition coefficient (Wildman–Crippen LogP) is 2.94. The summed E-state index contributed by atoms with van der Waals surface area (Å²) < 4.78 is 1.63. The van der Waals surface area contributed by atoms with Crippen LogP contribution in [0, 0.1) is 23.3 Å². The second-order valence-electron chi connectivity index (χ2n) is 5.06. The Morgan fingerprint density at radius 2 is 2.00 bits per heavy atom. The van der Waals surface area contributed by atoms with Gasteiger partial charge in [0.25, 0.3) is 0 Å². The van der Waals surface area contributed by atoms with E-state index < -0.39 is 0 Å². The first-order chi connectivity index (χ1) is 9.19. The van der Waals surface area contributed by atoms with Gasteiger partial charge in [-0.15, -0.1) is 0 Å². The molecular formula is C15H14N3O. The zero-order valence-corrected chi connectivity index (χ0v) is 10.7. The van der Waals surface area contributed by atoms with E-state index in [-0.39, 0.29) is 5.88 Å². The van der Waals surface area contributed by atoms with E-state index in [1.807, 2.05) is 12.1 Å². The van der Waals surface area contributed by atoms with Crippen LogP contribution in [0.4, 0.5) is 0 Å². The summed E-state index contributed by atoms with van der Waals surface area (Å²) in [6.07, 6.45) is 3.65. The number of nitrogens with zero attached hydrogens (tertiary/aromatic N) is 3. The van der Waals surface area contributed by atoms with E-state index in [2.05, 4.69) is 18.1 Å². The average Bonchev–Trinajstić information content (AvgIpc) is 2.77. The van der Waals surface area contributed by atoms with Crippen molar-refractivity contribution in [1.82, 2.24) is 9.78 Å². The summed E-state index contributed by atoms with van der Waals surface area (Å²) in [6.45, 7) is 2.19. The predicted molar refractivity (Wildman–Crippen MR) is 71.1 cm³/mol. The largest absolute Gasteiger partial charge is 0.493 e. The number of aromatic hydroxyl groups is 1. The Bertz CT molecular complexity index is 630. The van der Waals surface area contributed by atoms with Crippen molar-refractivity contribution in [2.24, 2.45) is 5.92 Å². The van der Waals surface area contributed by atoms with Gasteiger partial charge in [-0.05, 0) is 36.5 Å². The highest BCUT2D eigenvalue weighted by Gasteiger charge is 2.31. The Morgan fingerprint density at radius 3 is 2.58 bits per heavy atom. The molecule has 1 aromatic carbocycles. The lowest BCUT2D eigenvalue weighted by Crippen LogP contribution is -2.26. The van der Waals surface area contributed by atoms with Gasteiger partial charge in [0.15, 0.2) is 0 Å². The third kappa shape index (κ3) is 1.97. The van der Waals surface area contributed by atoms with Crippen LogP contribution in [0.3, 0.4) is 0 Å². The van der Waals surface area contributed by atoms with Crippen molar-refractivity contribution in [3.8, 4) is 23.1 Å². The standard InChI is InChI=1S/C15H14N3O/c1-10-6-13(7-10)18-15(19)14(9-17-18)12-4-2-11(8-16)3-5-12/h2-5,9-10,19H,6-7H2,1H3. The molecule has 4 nitrogen and oxygen atoms in total. The fourth-order valence-electron chi connectivity index (χ4n) is 2.42. The van der Waals surface area contributed by atoms with Crippen molar-refractivity contribution in [1.29, 1.82) is 5.26 Å². The lowest BCUT2D eigenvalue weighted by molar-refractivity contribution is 0.305. The molecule has 2 aromatic rings. The summed E-state index contributed by atoms with van der Waals surface area (Å²) in [7, 11) is 0. The summed E-state index contributed by atoms with van der Waals surface area (Å²) in [4.78, 5) is 0. The van der Waals surface area contributed by atoms with Crippen LogP contribution >= 0.6 is 0 Å². The van der Waals surface area contributed by atoms with Gasteiger partial charge < -0.3 is 5.11 Å². The highest BCUT2D eigenvalue weighted by molar-refractivity contribution is 5.68. The van der Waals surface area contributed by atoms with Crippen LogP contribution < -0.4 is 0 Å². The lowest BCUT2D eigenvalue weighted by Gasteiger charge is -2.31. The van der Waals surface area contributed by atoms with E-state index in [1.54, 1.807) is 23.0 Å². The number of hydrogen-bond donors (Lipinski definition) is 1. The van der Waals surface area contributed by atoms with Crippen molar-refractivity contribution in [3.05, 3.63) is 42.1 Å². The van der Waals surface area contributed by atoms with Gasteiger partial charge in [-0.25, -0.2) is 4.68 Å². The summed E-state index contributed by atoms with van der Waals surface area (Å²) in [5.41, 5.74) is 2.19. The van der Waals surface area contributed by atoms with Gasteiger partial charge in [0.1, 0.15) is 0 Å². The van der Waals surface area contributed by atoms with E-state index in [0.717, 1.165) is 24.4 Å². The summed E-state index contributed by atoms with van der Waals surface area (Å²) in [6, 6.07) is 10.4. The molecule has 0 aliphatic heterocycles. The first kappa shape index (κ1) is 11.8. The summed E-state index contributed by atoms with van der Waals surface area (Å²) in [5.74, 6) is 0.864. The van der Waals surface area contributed by atoms with E-state index in [9.17, 15) is 5.11 Å². The Kier molecular flexibility index (Phi) is 2.75. The number of hydrogen-bond acceptors (Lipinski definition) is 3. The van der Waals surface area contributed by atoms with E-state index in [1.165, 1.54) is 0 Å². The van der Waals surface area contributed by atoms with Crippen molar-refractivity contribution < 1.29 is 5.11 Å². The average molecular weight is 252 g/mol. The van der Waals surface area contributed by atoms with Crippen molar-refractivity contribution >= 4 is 0 Å². The third-order valence-electron chi connectivity index (χ3n) is 3.54. The molecule has 95 valence electrons. The monoisotopic (exact) mass is 252 g/mol. The maximum atomic E-state index is 10.2. The van der Waals surface area contributed by atoms with Crippen LogP contribution in [0.5, 0.6) is 5.88 Å². The molecule has 0 bridgehead atoms. The molecule has 1 radical (unpaired) electrons. The Hall–Kier alpha value is -2.28. The van der Waals surface area contributed by atoms with Crippen molar-refractivity contribution in [2.75, 3.05) is 0 Å². The molecule has 0 amide bonds. The molecule has 3 rings (SSSR count). The van der Waals surface area contributed by atoms with Crippen molar-refractivity contribution in [2.45, 2.75) is 19.8 Å². The zero-order valence-electron chi connectivity index (χ0n) is 10.7. The second kappa shape index (κ2) is 4.43. The lowest BCUT2D eigenvalue weighted by atomic mass is 9.82. The SMILES string of the molecule is CC1C[C](n2ncc(-c3ccc(C#N)cc3)c2O)C1. The summed E-state index contributed by atoms with van der Waals surface area (Å²) >= 11 is 0. The van der Waals surface area contributed by atoms with Crippen LogP contribution in [0.25, 0.3) is 11.1 Å². The number of benzene rings is 1. The van der Waals surface area contributed by atoms with Crippen LogP contribution in [-0.2, 0) is 0 Å². The molecule has 1 aliphatic rings. The highest BCUT2D eigenvalue weighted by atomic mass is 16.3. The topological polar surface area (TPSA) is 61.8 Å². The third-order valence-corrected chi connectivity index (χ3v) is 3.54. The van der Waals surface area contributed by atoms with E-state index in [4.69, 9.17) is 5.26 Å². The van der Waals surface area contributed by atoms with E-state index >= 15 is 0 Å². The zero-order chi connectivity index (χ0) is 13.4. The molecule has 0 spiro atoms. The smallest absolute Gasteiger partial charge is 0.217 e. The quantitative estimate of drug-likeness (QED) is 0.893. The molecular weight excluding hydrogens is 238 g/mol. The molecule has 1 aliphatic carbocycles. The minimum atomic E-state index is 0.187. The highest BCUT2D eigenvalue weighted by Crippen LogP contribution is 2.40. The van der Waals surface area contributed by atoms with Gasteiger partial charge in [0.2, 0.25) is 5.88 Å². The molecule has 1 aromatic heterocycles.